The SMILES string of the molecule is C#CC(CCC)NC(=O)c1ccc(Br)cc1N. The lowest BCUT2D eigenvalue weighted by atomic mass is 10.1. The van der Waals surface area contributed by atoms with Gasteiger partial charge in [0.2, 0.25) is 0 Å². The second-order valence-electron chi connectivity index (χ2n) is 3.71. The second-order valence-corrected chi connectivity index (χ2v) is 4.63. The normalized spacial score (nSPS) is 11.6. The molecule has 0 saturated carbocycles. The number of nitrogens with two attached hydrogens (primary N) is 1. The van der Waals surface area contributed by atoms with Gasteiger partial charge in [-0.15, -0.1) is 6.42 Å². The first-order valence-corrected chi connectivity index (χ1v) is 6.19. The van der Waals surface area contributed by atoms with Crippen molar-refractivity contribution in [2.75, 3.05) is 5.73 Å². The molecular formula is C13H15BrN2O. The van der Waals surface area contributed by atoms with Gasteiger partial charge >= 0.3 is 0 Å². The third-order valence-electron chi connectivity index (χ3n) is 2.34. The molecule has 0 aliphatic heterocycles. The predicted molar refractivity (Wildman–Crippen MR) is 73.5 cm³/mol. The van der Waals surface area contributed by atoms with Gasteiger partial charge in [-0.05, 0) is 24.6 Å². The number of anilines is 1. The first-order chi connectivity index (χ1) is 8.08. The topological polar surface area (TPSA) is 55.1 Å². The number of halogens is 1. The van der Waals surface area contributed by atoms with Crippen molar-refractivity contribution in [2.45, 2.75) is 25.8 Å². The van der Waals surface area contributed by atoms with E-state index in [9.17, 15) is 4.79 Å². The van der Waals surface area contributed by atoms with Crippen LogP contribution in [0.3, 0.4) is 0 Å². The standard InChI is InChI=1S/C13H15BrN2O/c1-3-5-10(4-2)16-13(17)11-7-6-9(14)8-12(11)15/h2,6-8,10H,3,5,15H2,1H3,(H,16,17). The molecule has 3 nitrogen and oxygen atoms in total. The summed E-state index contributed by atoms with van der Waals surface area (Å²) >= 11 is 3.29. The quantitative estimate of drug-likeness (QED) is 0.662. The van der Waals surface area contributed by atoms with Gasteiger partial charge in [0.05, 0.1) is 11.6 Å². The molecule has 1 aromatic carbocycles. The third kappa shape index (κ3) is 3.79. The molecule has 17 heavy (non-hydrogen) atoms. The molecule has 0 fully saturated rings. The van der Waals surface area contributed by atoms with E-state index in [-0.39, 0.29) is 11.9 Å². The van der Waals surface area contributed by atoms with E-state index in [0.717, 1.165) is 17.3 Å². The Morgan fingerprint density at radius 2 is 2.35 bits per heavy atom. The Hall–Kier alpha value is -1.47. The summed E-state index contributed by atoms with van der Waals surface area (Å²) < 4.78 is 0.841. The highest BCUT2D eigenvalue weighted by molar-refractivity contribution is 9.10. The summed E-state index contributed by atoms with van der Waals surface area (Å²) in [6.45, 7) is 2.02. The number of hydrogen-bond donors (Lipinski definition) is 2. The van der Waals surface area contributed by atoms with Crippen molar-refractivity contribution in [3.05, 3.63) is 28.2 Å². The van der Waals surface area contributed by atoms with Gasteiger partial charge in [0, 0.05) is 10.2 Å². The van der Waals surface area contributed by atoms with Gasteiger partial charge < -0.3 is 11.1 Å². The number of carbonyl (C=O) groups is 1. The van der Waals surface area contributed by atoms with Crippen LogP contribution < -0.4 is 11.1 Å². The van der Waals surface area contributed by atoms with Crippen molar-refractivity contribution in [3.63, 3.8) is 0 Å². The molecule has 0 spiro atoms. The van der Waals surface area contributed by atoms with Crippen molar-refractivity contribution >= 4 is 27.5 Å². The van der Waals surface area contributed by atoms with Crippen molar-refractivity contribution in [3.8, 4) is 12.3 Å². The van der Waals surface area contributed by atoms with E-state index in [1.807, 2.05) is 6.92 Å². The van der Waals surface area contributed by atoms with E-state index >= 15 is 0 Å². The maximum Gasteiger partial charge on any atom is 0.254 e. The number of rotatable bonds is 4. The van der Waals surface area contributed by atoms with Crippen molar-refractivity contribution < 1.29 is 4.79 Å². The van der Waals surface area contributed by atoms with E-state index in [4.69, 9.17) is 12.2 Å². The summed E-state index contributed by atoms with van der Waals surface area (Å²) in [5.41, 5.74) is 6.65. The van der Waals surface area contributed by atoms with Crippen LogP contribution in [0.1, 0.15) is 30.1 Å². The van der Waals surface area contributed by atoms with Crippen LogP contribution in [0.2, 0.25) is 0 Å². The van der Waals surface area contributed by atoms with Crippen LogP contribution in [0.4, 0.5) is 5.69 Å². The summed E-state index contributed by atoms with van der Waals surface area (Å²) in [5.74, 6) is 2.32. The highest BCUT2D eigenvalue weighted by Gasteiger charge is 2.13. The first-order valence-electron chi connectivity index (χ1n) is 5.40. The minimum Gasteiger partial charge on any atom is -0.398 e. The second kappa shape index (κ2) is 6.31. The van der Waals surface area contributed by atoms with Crippen LogP contribution in [0.15, 0.2) is 22.7 Å². The fourth-order valence-corrected chi connectivity index (χ4v) is 1.84. The number of nitrogen functional groups attached to an aromatic ring is 1. The van der Waals surface area contributed by atoms with Gasteiger partial charge in [0.1, 0.15) is 0 Å². The molecule has 0 aromatic heterocycles. The zero-order valence-corrected chi connectivity index (χ0v) is 11.3. The van der Waals surface area contributed by atoms with E-state index in [1.165, 1.54) is 0 Å². The van der Waals surface area contributed by atoms with Crippen LogP contribution >= 0.6 is 15.9 Å². The van der Waals surface area contributed by atoms with E-state index in [1.54, 1.807) is 18.2 Å². The van der Waals surface area contributed by atoms with Crippen LogP contribution in [-0.2, 0) is 0 Å². The first kappa shape index (κ1) is 13.6. The molecule has 0 saturated heterocycles. The van der Waals surface area contributed by atoms with E-state index < -0.39 is 0 Å². The summed E-state index contributed by atoms with van der Waals surface area (Å²) in [6.07, 6.45) is 7.03. The lowest BCUT2D eigenvalue weighted by Crippen LogP contribution is -2.34. The Bertz CT molecular complexity index is 451. The summed E-state index contributed by atoms with van der Waals surface area (Å²) in [5, 5.41) is 2.77. The van der Waals surface area contributed by atoms with Crippen molar-refractivity contribution in [1.29, 1.82) is 0 Å². The van der Waals surface area contributed by atoms with Gasteiger partial charge in [-0.2, -0.15) is 0 Å². The van der Waals surface area contributed by atoms with Gasteiger partial charge in [-0.25, -0.2) is 0 Å². The minimum atomic E-state index is -0.240. The Morgan fingerprint density at radius 3 is 2.88 bits per heavy atom. The van der Waals surface area contributed by atoms with Crippen molar-refractivity contribution in [1.82, 2.24) is 5.32 Å². The summed E-state index contributed by atoms with van der Waals surface area (Å²) in [7, 11) is 0. The number of nitrogens with one attached hydrogen (secondary N) is 1. The number of hydrogen-bond acceptors (Lipinski definition) is 2. The number of terminal acetylenes is 1. The van der Waals surface area contributed by atoms with Crippen LogP contribution in [0, 0.1) is 12.3 Å². The molecule has 0 heterocycles. The van der Waals surface area contributed by atoms with Crippen LogP contribution in [-0.4, -0.2) is 11.9 Å². The maximum atomic E-state index is 11.9. The third-order valence-corrected chi connectivity index (χ3v) is 2.84. The van der Waals surface area contributed by atoms with Gasteiger partial charge in [-0.1, -0.05) is 35.2 Å². The Balaban J connectivity index is 2.79. The lowest BCUT2D eigenvalue weighted by Gasteiger charge is -2.13. The highest BCUT2D eigenvalue weighted by atomic mass is 79.9. The van der Waals surface area contributed by atoms with Crippen LogP contribution in [0.25, 0.3) is 0 Å². The molecule has 90 valence electrons. The predicted octanol–water partition coefficient (Wildman–Crippen LogP) is 2.56. The average molecular weight is 295 g/mol. The number of carbonyl (C=O) groups excluding carboxylic acids is 1. The highest BCUT2D eigenvalue weighted by Crippen LogP contribution is 2.18. The molecule has 1 amide bonds. The fourth-order valence-electron chi connectivity index (χ4n) is 1.46. The van der Waals surface area contributed by atoms with E-state index in [0.29, 0.717) is 11.3 Å². The molecule has 0 aliphatic rings. The Morgan fingerprint density at radius 1 is 1.65 bits per heavy atom. The molecule has 1 rings (SSSR count). The maximum absolute atomic E-state index is 11.9. The van der Waals surface area contributed by atoms with Gasteiger partial charge in [-0.3, -0.25) is 4.79 Å². The molecule has 3 N–H and O–H groups in total. The molecule has 1 unspecified atom stereocenters. The number of benzene rings is 1. The van der Waals surface area contributed by atoms with Crippen LogP contribution in [0.5, 0.6) is 0 Å². The smallest absolute Gasteiger partial charge is 0.254 e. The van der Waals surface area contributed by atoms with Crippen molar-refractivity contribution in [2.24, 2.45) is 0 Å². The average Bonchev–Trinajstić information content (AvgIpc) is 2.28. The molecular weight excluding hydrogens is 280 g/mol. The summed E-state index contributed by atoms with van der Waals surface area (Å²) in [6, 6.07) is 4.90. The zero-order valence-electron chi connectivity index (χ0n) is 9.66. The Labute approximate surface area is 110 Å². The van der Waals surface area contributed by atoms with E-state index in [2.05, 4.69) is 27.2 Å². The molecule has 0 radical (unpaired) electrons. The number of amides is 1. The fraction of sp³-hybridized carbons (Fsp3) is 0.308. The Kier molecular flexibility index (Phi) is 5.05. The molecule has 0 bridgehead atoms. The lowest BCUT2D eigenvalue weighted by molar-refractivity contribution is 0.0945. The molecule has 1 atom stereocenters. The monoisotopic (exact) mass is 294 g/mol. The zero-order chi connectivity index (χ0) is 12.8. The molecule has 0 aliphatic carbocycles. The minimum absolute atomic E-state index is 0.230. The largest absolute Gasteiger partial charge is 0.398 e. The summed E-state index contributed by atoms with van der Waals surface area (Å²) in [4.78, 5) is 11.9. The molecule has 1 aromatic rings. The molecule has 4 heteroatoms. The van der Waals surface area contributed by atoms with Gasteiger partial charge in [0.15, 0.2) is 0 Å². The van der Waals surface area contributed by atoms with Gasteiger partial charge in [0.25, 0.3) is 5.91 Å².